The smallest absolute Gasteiger partial charge is 0.223 e. The lowest BCUT2D eigenvalue weighted by Gasteiger charge is -2.34. The first-order chi connectivity index (χ1) is 7.62. The third kappa shape index (κ3) is 3.49. The second-order valence-electron chi connectivity index (χ2n) is 4.67. The molecule has 1 N–H and O–H groups in total. The van der Waals surface area contributed by atoms with Crippen LogP contribution in [0.1, 0.15) is 39.0 Å². The molecule has 1 fully saturated rings. The van der Waals surface area contributed by atoms with E-state index in [4.69, 9.17) is 4.74 Å². The number of rotatable bonds is 4. The molecule has 0 saturated heterocycles. The molecular weight excluding hydrogens is 204 g/mol. The zero-order valence-electron chi connectivity index (χ0n) is 10.1. The van der Waals surface area contributed by atoms with Gasteiger partial charge in [0.1, 0.15) is 5.54 Å². The van der Waals surface area contributed by atoms with Gasteiger partial charge in [-0.2, -0.15) is 5.26 Å². The van der Waals surface area contributed by atoms with Crippen LogP contribution in [0.2, 0.25) is 0 Å². The minimum atomic E-state index is -0.628. The van der Waals surface area contributed by atoms with Gasteiger partial charge in [-0.3, -0.25) is 4.79 Å². The Kier molecular flexibility index (Phi) is 4.75. The third-order valence-electron chi connectivity index (χ3n) is 3.25. The first-order valence-corrected chi connectivity index (χ1v) is 5.83. The van der Waals surface area contributed by atoms with E-state index in [2.05, 4.69) is 18.3 Å². The molecule has 0 aromatic rings. The fraction of sp³-hybridized carbons (Fsp3) is 0.833. The number of nitrogens with one attached hydrogen (secondary N) is 1. The van der Waals surface area contributed by atoms with Crippen molar-refractivity contribution in [3.8, 4) is 6.07 Å². The van der Waals surface area contributed by atoms with Gasteiger partial charge in [0.2, 0.25) is 5.91 Å². The van der Waals surface area contributed by atoms with Crippen molar-refractivity contribution in [1.82, 2.24) is 5.32 Å². The molecule has 90 valence electrons. The summed E-state index contributed by atoms with van der Waals surface area (Å²) in [4.78, 5) is 11.6. The summed E-state index contributed by atoms with van der Waals surface area (Å²) in [5, 5.41) is 12.1. The summed E-state index contributed by atoms with van der Waals surface area (Å²) in [6.07, 6.45) is 3.89. The molecule has 0 aromatic heterocycles. The zero-order valence-corrected chi connectivity index (χ0v) is 10.1. The van der Waals surface area contributed by atoms with Crippen molar-refractivity contribution < 1.29 is 9.53 Å². The number of hydrogen-bond donors (Lipinski definition) is 1. The highest BCUT2D eigenvalue weighted by molar-refractivity contribution is 5.77. The quantitative estimate of drug-likeness (QED) is 0.789. The second-order valence-corrected chi connectivity index (χ2v) is 4.67. The summed E-state index contributed by atoms with van der Waals surface area (Å²) >= 11 is 0. The Morgan fingerprint density at radius 3 is 2.69 bits per heavy atom. The molecule has 0 spiro atoms. The molecule has 0 radical (unpaired) electrons. The molecular formula is C12H20N2O2. The molecule has 0 aliphatic heterocycles. The lowest BCUT2D eigenvalue weighted by Crippen LogP contribution is -2.49. The lowest BCUT2D eigenvalue weighted by molar-refractivity contribution is -0.123. The number of nitrogens with zero attached hydrogens (tertiary/aromatic N) is 1. The van der Waals surface area contributed by atoms with E-state index in [1.807, 2.05) is 0 Å². The molecule has 1 saturated carbocycles. The number of ether oxygens (including phenoxy) is 1. The summed E-state index contributed by atoms with van der Waals surface area (Å²) in [5.74, 6) is 0.579. The van der Waals surface area contributed by atoms with Gasteiger partial charge in [-0.1, -0.05) is 6.92 Å². The average molecular weight is 224 g/mol. The number of nitriles is 1. The van der Waals surface area contributed by atoms with Crippen LogP contribution in [0.5, 0.6) is 0 Å². The van der Waals surface area contributed by atoms with Gasteiger partial charge in [-0.15, -0.1) is 0 Å². The highest BCUT2D eigenvalue weighted by Crippen LogP contribution is 2.31. The fourth-order valence-corrected chi connectivity index (χ4v) is 2.04. The largest absolute Gasteiger partial charge is 0.384 e. The number of carbonyl (C=O) groups is 1. The summed E-state index contributed by atoms with van der Waals surface area (Å²) < 4.78 is 4.84. The van der Waals surface area contributed by atoms with Gasteiger partial charge in [0.25, 0.3) is 0 Å². The topological polar surface area (TPSA) is 62.1 Å². The Hall–Kier alpha value is -1.08. The minimum Gasteiger partial charge on any atom is -0.384 e. The molecule has 1 aliphatic rings. The third-order valence-corrected chi connectivity index (χ3v) is 3.25. The molecule has 0 bridgehead atoms. The second kappa shape index (κ2) is 5.86. The standard InChI is InChI=1S/C12H20N2O2/c1-10-3-6-12(9-13,7-4-10)14-11(15)5-8-16-2/h10H,3-8H2,1-2H3,(H,14,15). The van der Waals surface area contributed by atoms with Gasteiger partial charge in [0.05, 0.1) is 12.7 Å². The fourth-order valence-electron chi connectivity index (χ4n) is 2.04. The van der Waals surface area contributed by atoms with E-state index in [0.29, 0.717) is 18.9 Å². The Balaban J connectivity index is 2.48. The van der Waals surface area contributed by atoms with Gasteiger partial charge in [0.15, 0.2) is 0 Å². The van der Waals surface area contributed by atoms with E-state index >= 15 is 0 Å². The van der Waals surface area contributed by atoms with Gasteiger partial charge in [-0.25, -0.2) is 0 Å². The predicted octanol–water partition coefficient (Wildman–Crippen LogP) is 1.61. The Morgan fingerprint density at radius 1 is 1.56 bits per heavy atom. The van der Waals surface area contributed by atoms with Crippen molar-refractivity contribution in [2.75, 3.05) is 13.7 Å². The van der Waals surface area contributed by atoms with Crippen molar-refractivity contribution in [2.45, 2.75) is 44.6 Å². The molecule has 0 heterocycles. The first kappa shape index (κ1) is 13.0. The molecule has 0 aromatic carbocycles. The zero-order chi connectivity index (χ0) is 12.0. The van der Waals surface area contributed by atoms with Crippen LogP contribution in [0.25, 0.3) is 0 Å². The van der Waals surface area contributed by atoms with Crippen LogP contribution in [-0.2, 0) is 9.53 Å². The number of methoxy groups -OCH3 is 1. The molecule has 0 atom stereocenters. The molecule has 1 rings (SSSR count). The minimum absolute atomic E-state index is 0.0852. The van der Waals surface area contributed by atoms with E-state index in [1.54, 1.807) is 7.11 Å². The van der Waals surface area contributed by atoms with Crippen LogP contribution in [0, 0.1) is 17.2 Å². The lowest BCUT2D eigenvalue weighted by atomic mass is 9.78. The van der Waals surface area contributed by atoms with Crippen molar-refractivity contribution in [1.29, 1.82) is 5.26 Å². The highest BCUT2D eigenvalue weighted by Gasteiger charge is 2.35. The molecule has 1 amide bonds. The summed E-state index contributed by atoms with van der Waals surface area (Å²) in [5.41, 5.74) is -0.628. The van der Waals surface area contributed by atoms with Crippen LogP contribution >= 0.6 is 0 Å². The van der Waals surface area contributed by atoms with Gasteiger partial charge in [-0.05, 0) is 31.6 Å². The van der Waals surface area contributed by atoms with Crippen molar-refractivity contribution in [2.24, 2.45) is 5.92 Å². The number of amides is 1. The van der Waals surface area contributed by atoms with Crippen LogP contribution in [0.15, 0.2) is 0 Å². The van der Waals surface area contributed by atoms with Crippen molar-refractivity contribution in [3.05, 3.63) is 0 Å². The van der Waals surface area contributed by atoms with E-state index in [1.165, 1.54) is 0 Å². The van der Waals surface area contributed by atoms with Crippen molar-refractivity contribution >= 4 is 5.91 Å². The maximum atomic E-state index is 11.6. The van der Waals surface area contributed by atoms with Crippen LogP contribution < -0.4 is 5.32 Å². The summed E-state index contributed by atoms with van der Waals surface area (Å²) in [7, 11) is 1.57. The van der Waals surface area contributed by atoms with Crippen LogP contribution in [0.3, 0.4) is 0 Å². The number of carbonyl (C=O) groups excluding carboxylic acids is 1. The maximum absolute atomic E-state index is 11.6. The van der Waals surface area contributed by atoms with Crippen LogP contribution in [-0.4, -0.2) is 25.2 Å². The maximum Gasteiger partial charge on any atom is 0.223 e. The van der Waals surface area contributed by atoms with E-state index in [-0.39, 0.29) is 5.91 Å². The Morgan fingerprint density at radius 2 is 2.19 bits per heavy atom. The highest BCUT2D eigenvalue weighted by atomic mass is 16.5. The van der Waals surface area contributed by atoms with Gasteiger partial charge >= 0.3 is 0 Å². The molecule has 1 aliphatic carbocycles. The van der Waals surface area contributed by atoms with Crippen molar-refractivity contribution in [3.63, 3.8) is 0 Å². The Bertz CT molecular complexity index is 275. The molecule has 4 nitrogen and oxygen atoms in total. The van der Waals surface area contributed by atoms with E-state index in [9.17, 15) is 10.1 Å². The van der Waals surface area contributed by atoms with Gasteiger partial charge in [0, 0.05) is 13.5 Å². The number of hydrogen-bond acceptors (Lipinski definition) is 3. The first-order valence-electron chi connectivity index (χ1n) is 5.83. The monoisotopic (exact) mass is 224 g/mol. The Labute approximate surface area is 97.0 Å². The summed E-state index contributed by atoms with van der Waals surface area (Å²) in [6, 6.07) is 2.27. The molecule has 0 unspecified atom stereocenters. The molecule has 16 heavy (non-hydrogen) atoms. The molecule has 4 heteroatoms. The van der Waals surface area contributed by atoms with Crippen LogP contribution in [0.4, 0.5) is 0 Å². The normalized spacial score (nSPS) is 29.4. The average Bonchev–Trinajstić information content (AvgIpc) is 2.30. The van der Waals surface area contributed by atoms with Gasteiger partial charge < -0.3 is 10.1 Å². The summed E-state index contributed by atoms with van der Waals surface area (Å²) in [6.45, 7) is 2.60. The van der Waals surface area contributed by atoms with E-state index in [0.717, 1.165) is 25.7 Å². The van der Waals surface area contributed by atoms with E-state index < -0.39 is 5.54 Å². The predicted molar refractivity (Wildman–Crippen MR) is 60.6 cm³/mol. The SMILES string of the molecule is COCCC(=O)NC1(C#N)CCC(C)CC1.